The minimum absolute atomic E-state index is 0.429. The maximum absolute atomic E-state index is 9.99. The van der Waals surface area contributed by atoms with Crippen LogP contribution in [0.5, 0.6) is 0 Å². The summed E-state index contributed by atoms with van der Waals surface area (Å²) < 4.78 is 7.14. The van der Waals surface area contributed by atoms with E-state index in [2.05, 4.69) is 5.10 Å². The van der Waals surface area contributed by atoms with Gasteiger partial charge >= 0.3 is 0 Å². The summed E-state index contributed by atoms with van der Waals surface area (Å²) in [7, 11) is 1.94. The molecule has 0 aliphatic carbocycles. The van der Waals surface area contributed by atoms with Crippen LogP contribution in [0.25, 0.3) is 0 Å². The summed E-state index contributed by atoms with van der Waals surface area (Å²) in [5, 5.41) is 14.0. The van der Waals surface area contributed by atoms with Gasteiger partial charge in [0.25, 0.3) is 0 Å². The second-order valence-corrected chi connectivity index (χ2v) is 4.86. The highest BCUT2D eigenvalue weighted by molar-refractivity contribution is 5.30. The van der Waals surface area contributed by atoms with Crippen LogP contribution in [0.2, 0.25) is 0 Å². The smallest absolute Gasteiger partial charge is 0.118 e. The van der Waals surface area contributed by atoms with Crippen LogP contribution in [0, 0.1) is 6.92 Å². The zero-order valence-corrected chi connectivity index (χ0v) is 11.3. The average molecular weight is 264 g/mol. The molecule has 1 unspecified atom stereocenters. The van der Waals surface area contributed by atoms with Gasteiger partial charge in [-0.05, 0) is 26.1 Å². The second kappa shape index (κ2) is 5.90. The monoisotopic (exact) mass is 264 g/mol. The van der Waals surface area contributed by atoms with Crippen LogP contribution in [-0.2, 0) is 13.1 Å². The van der Waals surface area contributed by atoms with Gasteiger partial charge in [0, 0.05) is 12.7 Å². The molecule has 104 valence electrons. The lowest BCUT2D eigenvalue weighted by molar-refractivity contribution is 0.101. The minimum Gasteiger partial charge on any atom is -0.465 e. The summed E-state index contributed by atoms with van der Waals surface area (Å²) >= 11 is 0. The van der Waals surface area contributed by atoms with Gasteiger partial charge in [0.15, 0.2) is 0 Å². The maximum atomic E-state index is 9.99. The Kier molecular flexibility index (Phi) is 4.24. The zero-order chi connectivity index (χ0) is 13.8. The van der Waals surface area contributed by atoms with Crippen molar-refractivity contribution >= 4 is 5.69 Å². The third-order valence-electron chi connectivity index (χ3n) is 2.80. The number of likely N-dealkylation sites (N-methyl/N-ethyl adjacent to an activating group) is 1. The topological polar surface area (TPSA) is 80.5 Å². The molecule has 0 aliphatic rings. The first-order valence-electron chi connectivity index (χ1n) is 6.23. The number of aromatic nitrogens is 2. The fraction of sp³-hybridized carbons (Fsp3) is 0.462. The fourth-order valence-electron chi connectivity index (χ4n) is 2.01. The number of hydrogen-bond acceptors (Lipinski definition) is 5. The summed E-state index contributed by atoms with van der Waals surface area (Å²) in [6.45, 7) is 3.56. The largest absolute Gasteiger partial charge is 0.465 e. The average Bonchev–Trinajstić information content (AvgIpc) is 2.87. The molecule has 0 amide bonds. The Morgan fingerprint density at radius 2 is 2.32 bits per heavy atom. The van der Waals surface area contributed by atoms with E-state index in [-0.39, 0.29) is 0 Å². The molecule has 0 aromatic carbocycles. The maximum Gasteiger partial charge on any atom is 0.118 e. The van der Waals surface area contributed by atoms with E-state index in [9.17, 15) is 5.11 Å². The van der Waals surface area contributed by atoms with Crippen molar-refractivity contribution in [2.45, 2.75) is 26.1 Å². The summed E-state index contributed by atoms with van der Waals surface area (Å²) in [6.07, 6.45) is 2.78. The van der Waals surface area contributed by atoms with Crippen molar-refractivity contribution in [1.82, 2.24) is 14.7 Å². The van der Waals surface area contributed by atoms with E-state index in [0.717, 1.165) is 11.5 Å². The molecule has 3 N–H and O–H groups in total. The van der Waals surface area contributed by atoms with Crippen LogP contribution in [0.15, 0.2) is 28.9 Å². The van der Waals surface area contributed by atoms with Gasteiger partial charge < -0.3 is 15.3 Å². The van der Waals surface area contributed by atoms with Crippen molar-refractivity contribution in [1.29, 1.82) is 0 Å². The van der Waals surface area contributed by atoms with Gasteiger partial charge in [-0.3, -0.25) is 9.58 Å². The molecule has 19 heavy (non-hydrogen) atoms. The van der Waals surface area contributed by atoms with Crippen molar-refractivity contribution in [3.8, 4) is 0 Å². The van der Waals surface area contributed by atoms with Crippen LogP contribution in [0.1, 0.15) is 11.5 Å². The van der Waals surface area contributed by atoms with E-state index >= 15 is 0 Å². The highest BCUT2D eigenvalue weighted by Crippen LogP contribution is 2.09. The van der Waals surface area contributed by atoms with Crippen LogP contribution < -0.4 is 5.73 Å². The summed E-state index contributed by atoms with van der Waals surface area (Å²) in [5.74, 6) is 1.80. The third kappa shape index (κ3) is 4.11. The van der Waals surface area contributed by atoms with Gasteiger partial charge in [0.1, 0.15) is 11.5 Å². The molecule has 2 heterocycles. The Balaban J connectivity index is 1.79. The molecule has 2 rings (SSSR count). The highest BCUT2D eigenvalue weighted by atomic mass is 16.3. The molecule has 6 nitrogen and oxygen atoms in total. The minimum atomic E-state index is -0.500. The third-order valence-corrected chi connectivity index (χ3v) is 2.80. The number of aryl methyl sites for hydroxylation is 1. The number of hydrogen-bond donors (Lipinski definition) is 2. The van der Waals surface area contributed by atoms with Crippen LogP contribution >= 0.6 is 0 Å². The molecular weight excluding hydrogens is 244 g/mol. The number of nitrogen functional groups attached to an aromatic ring is 1. The van der Waals surface area contributed by atoms with Crippen LogP contribution in [0.4, 0.5) is 5.69 Å². The Morgan fingerprint density at radius 1 is 1.53 bits per heavy atom. The van der Waals surface area contributed by atoms with Crippen LogP contribution in [-0.4, -0.2) is 39.5 Å². The quantitative estimate of drug-likeness (QED) is 0.809. The van der Waals surface area contributed by atoms with Gasteiger partial charge in [-0.1, -0.05) is 0 Å². The lowest BCUT2D eigenvalue weighted by atomic mass is 10.3. The molecule has 2 aromatic heterocycles. The van der Waals surface area contributed by atoms with Crippen molar-refractivity contribution in [2.24, 2.45) is 0 Å². The van der Waals surface area contributed by atoms with Crippen molar-refractivity contribution < 1.29 is 9.52 Å². The van der Waals surface area contributed by atoms with E-state index in [0.29, 0.717) is 25.3 Å². The van der Waals surface area contributed by atoms with Crippen molar-refractivity contribution in [3.05, 3.63) is 36.0 Å². The summed E-state index contributed by atoms with van der Waals surface area (Å²) in [6, 6.07) is 3.89. The van der Waals surface area contributed by atoms with Gasteiger partial charge in [-0.2, -0.15) is 5.10 Å². The molecule has 0 saturated carbocycles. The number of furan rings is 1. The molecule has 2 aromatic rings. The number of rotatable bonds is 6. The standard InChI is InChI=1S/C13H20N4O2/c1-10-3-4-13(19-10)9-16(2)7-12(18)8-17-6-11(14)5-15-17/h3-6,12,18H,7-9,14H2,1-2H3. The number of aliphatic hydroxyl groups excluding tert-OH is 1. The molecular formula is C13H20N4O2. The highest BCUT2D eigenvalue weighted by Gasteiger charge is 2.11. The number of nitrogens with two attached hydrogens (primary N) is 1. The van der Waals surface area contributed by atoms with E-state index in [4.69, 9.17) is 10.2 Å². The molecule has 0 fully saturated rings. The lowest BCUT2D eigenvalue weighted by Crippen LogP contribution is -2.31. The predicted molar refractivity (Wildman–Crippen MR) is 72.4 cm³/mol. The van der Waals surface area contributed by atoms with Gasteiger partial charge in [0.2, 0.25) is 0 Å². The van der Waals surface area contributed by atoms with Gasteiger partial charge in [-0.25, -0.2) is 0 Å². The van der Waals surface area contributed by atoms with Gasteiger partial charge in [0.05, 0.1) is 31.1 Å². The summed E-state index contributed by atoms with van der Waals surface area (Å²) in [4.78, 5) is 2.01. The molecule has 1 atom stereocenters. The van der Waals surface area contributed by atoms with Crippen molar-refractivity contribution in [2.75, 3.05) is 19.3 Å². The van der Waals surface area contributed by atoms with E-state index in [1.165, 1.54) is 0 Å². The number of anilines is 1. The molecule has 0 radical (unpaired) electrons. The Labute approximate surface area is 112 Å². The normalized spacial score (nSPS) is 13.1. The van der Waals surface area contributed by atoms with E-state index in [1.54, 1.807) is 17.1 Å². The molecule has 6 heteroatoms. The molecule has 0 saturated heterocycles. The second-order valence-electron chi connectivity index (χ2n) is 4.86. The first-order valence-corrected chi connectivity index (χ1v) is 6.23. The first-order chi connectivity index (χ1) is 9.02. The molecule has 0 bridgehead atoms. The van der Waals surface area contributed by atoms with Crippen LogP contribution in [0.3, 0.4) is 0 Å². The SMILES string of the molecule is Cc1ccc(CN(C)CC(O)Cn2cc(N)cn2)o1. The number of nitrogens with zero attached hydrogens (tertiary/aromatic N) is 3. The number of aliphatic hydroxyl groups is 1. The van der Waals surface area contributed by atoms with Crippen molar-refractivity contribution in [3.63, 3.8) is 0 Å². The zero-order valence-electron chi connectivity index (χ0n) is 11.3. The lowest BCUT2D eigenvalue weighted by Gasteiger charge is -2.19. The molecule has 0 spiro atoms. The fourth-order valence-corrected chi connectivity index (χ4v) is 2.01. The van der Waals surface area contributed by atoms with E-state index in [1.807, 2.05) is 31.0 Å². The molecule has 0 aliphatic heterocycles. The Hall–Kier alpha value is -1.79. The van der Waals surface area contributed by atoms with Gasteiger partial charge in [-0.15, -0.1) is 0 Å². The first kappa shape index (κ1) is 13.6. The summed E-state index contributed by atoms with van der Waals surface area (Å²) in [5.41, 5.74) is 6.18. The Morgan fingerprint density at radius 3 is 2.89 bits per heavy atom. The predicted octanol–water partition coefficient (Wildman–Crippen LogP) is 0.860. The van der Waals surface area contributed by atoms with E-state index < -0.39 is 6.10 Å². The Bertz CT molecular complexity index is 474.